The van der Waals surface area contributed by atoms with Crippen molar-refractivity contribution in [2.24, 2.45) is 5.92 Å². The summed E-state index contributed by atoms with van der Waals surface area (Å²) in [6.45, 7) is 5.94. The zero-order valence-corrected chi connectivity index (χ0v) is 18.5. The molecule has 3 amide bonds. The molecule has 2 fully saturated rings. The van der Waals surface area contributed by atoms with Gasteiger partial charge in [-0.05, 0) is 57.1 Å². The van der Waals surface area contributed by atoms with Gasteiger partial charge in [0.05, 0.1) is 12.8 Å². The molecular weight excluding hydrogens is 408 g/mol. The number of hydrogen-bond acceptors (Lipinski definition) is 5. The van der Waals surface area contributed by atoms with Crippen LogP contribution in [0.1, 0.15) is 29.0 Å². The fourth-order valence-corrected chi connectivity index (χ4v) is 4.32. The summed E-state index contributed by atoms with van der Waals surface area (Å²) in [5, 5.41) is 2.93. The summed E-state index contributed by atoms with van der Waals surface area (Å²) in [5.74, 6) is 0.330. The van der Waals surface area contributed by atoms with E-state index < -0.39 is 0 Å². The van der Waals surface area contributed by atoms with Crippen LogP contribution in [0.5, 0.6) is 0 Å². The van der Waals surface area contributed by atoms with Crippen molar-refractivity contribution in [2.75, 3.05) is 51.1 Å². The molecule has 2 saturated heterocycles. The summed E-state index contributed by atoms with van der Waals surface area (Å²) in [5.41, 5.74) is 1.95. The summed E-state index contributed by atoms with van der Waals surface area (Å²) in [6.07, 6.45) is 3.00. The van der Waals surface area contributed by atoms with Crippen molar-refractivity contribution < 1.29 is 18.8 Å². The zero-order valence-electron chi connectivity index (χ0n) is 18.5. The Balaban J connectivity index is 1.19. The van der Waals surface area contributed by atoms with Crippen molar-refractivity contribution in [2.45, 2.75) is 19.8 Å². The molecule has 32 heavy (non-hydrogen) atoms. The van der Waals surface area contributed by atoms with E-state index in [0.29, 0.717) is 38.5 Å². The Bertz CT molecular complexity index is 925. The molecule has 0 aliphatic carbocycles. The van der Waals surface area contributed by atoms with E-state index in [1.807, 2.05) is 36.1 Å². The molecule has 3 heterocycles. The normalized spacial score (nSPS) is 17.9. The SMILES string of the molecule is Cc1ccc(NC(=O)CN2CCC(C(=O)N3CCN(C(=O)c4ccco4)CC3)CC2)cc1. The lowest BCUT2D eigenvalue weighted by atomic mass is 9.95. The molecule has 8 nitrogen and oxygen atoms in total. The van der Waals surface area contributed by atoms with Crippen LogP contribution in [-0.4, -0.2) is 78.2 Å². The highest BCUT2D eigenvalue weighted by molar-refractivity contribution is 5.92. The quantitative estimate of drug-likeness (QED) is 0.774. The predicted octanol–water partition coefficient (Wildman–Crippen LogP) is 2.22. The first-order valence-corrected chi connectivity index (χ1v) is 11.2. The van der Waals surface area contributed by atoms with Crippen molar-refractivity contribution in [3.05, 3.63) is 54.0 Å². The molecule has 0 bridgehead atoms. The first-order chi connectivity index (χ1) is 15.5. The maximum absolute atomic E-state index is 13.0. The van der Waals surface area contributed by atoms with Crippen LogP contribution in [0, 0.1) is 12.8 Å². The number of nitrogens with one attached hydrogen (secondary N) is 1. The Morgan fingerprint density at radius 3 is 2.22 bits per heavy atom. The minimum atomic E-state index is -0.126. The molecule has 1 N–H and O–H groups in total. The lowest BCUT2D eigenvalue weighted by Crippen LogP contribution is -2.53. The second kappa shape index (κ2) is 9.99. The molecule has 0 spiro atoms. The van der Waals surface area contributed by atoms with Crippen LogP contribution < -0.4 is 5.32 Å². The highest BCUT2D eigenvalue weighted by atomic mass is 16.3. The maximum atomic E-state index is 13.0. The Morgan fingerprint density at radius 2 is 1.59 bits per heavy atom. The number of likely N-dealkylation sites (tertiary alicyclic amines) is 1. The van der Waals surface area contributed by atoms with Crippen LogP contribution in [0.3, 0.4) is 0 Å². The number of piperazine rings is 1. The van der Waals surface area contributed by atoms with Gasteiger partial charge in [0.2, 0.25) is 11.8 Å². The lowest BCUT2D eigenvalue weighted by molar-refractivity contribution is -0.138. The summed E-state index contributed by atoms with van der Waals surface area (Å²) >= 11 is 0. The fraction of sp³-hybridized carbons (Fsp3) is 0.458. The Labute approximate surface area is 188 Å². The minimum absolute atomic E-state index is 0.0151. The maximum Gasteiger partial charge on any atom is 0.289 e. The number of aryl methyl sites for hydroxylation is 1. The first kappa shape index (κ1) is 22.1. The van der Waals surface area contributed by atoms with Gasteiger partial charge in [-0.2, -0.15) is 0 Å². The number of carbonyl (C=O) groups is 3. The van der Waals surface area contributed by atoms with E-state index in [2.05, 4.69) is 10.2 Å². The zero-order chi connectivity index (χ0) is 22.5. The third-order valence-corrected chi connectivity index (χ3v) is 6.25. The number of amides is 3. The van der Waals surface area contributed by atoms with Gasteiger partial charge >= 0.3 is 0 Å². The lowest BCUT2D eigenvalue weighted by Gasteiger charge is -2.38. The first-order valence-electron chi connectivity index (χ1n) is 11.2. The molecule has 0 saturated carbocycles. The highest BCUT2D eigenvalue weighted by Crippen LogP contribution is 2.21. The highest BCUT2D eigenvalue weighted by Gasteiger charge is 2.32. The van der Waals surface area contributed by atoms with Crippen molar-refractivity contribution in [3.63, 3.8) is 0 Å². The van der Waals surface area contributed by atoms with Crippen molar-refractivity contribution in [1.29, 1.82) is 0 Å². The topological polar surface area (TPSA) is 86.1 Å². The number of furan rings is 1. The molecule has 1 aromatic carbocycles. The summed E-state index contributed by atoms with van der Waals surface area (Å²) in [4.78, 5) is 43.4. The van der Waals surface area contributed by atoms with Crippen LogP contribution in [0.2, 0.25) is 0 Å². The van der Waals surface area contributed by atoms with Gasteiger partial charge in [-0.1, -0.05) is 17.7 Å². The largest absolute Gasteiger partial charge is 0.459 e. The van der Waals surface area contributed by atoms with Gasteiger partial charge < -0.3 is 19.5 Å². The summed E-state index contributed by atoms with van der Waals surface area (Å²) in [6, 6.07) is 11.1. The molecule has 0 unspecified atom stereocenters. The number of rotatable bonds is 5. The van der Waals surface area contributed by atoms with Gasteiger partial charge in [-0.3, -0.25) is 19.3 Å². The van der Waals surface area contributed by atoms with Crippen molar-refractivity contribution in [1.82, 2.24) is 14.7 Å². The number of benzene rings is 1. The van der Waals surface area contributed by atoms with Crippen LogP contribution in [0.25, 0.3) is 0 Å². The number of nitrogens with zero attached hydrogens (tertiary/aromatic N) is 3. The Kier molecular flexibility index (Phi) is 6.90. The standard InChI is InChI=1S/C24H30N4O4/c1-18-4-6-20(7-5-18)25-22(29)17-26-10-8-19(9-11-26)23(30)27-12-14-28(15-13-27)24(31)21-3-2-16-32-21/h2-7,16,19H,8-15,17H2,1H3,(H,25,29). The van der Waals surface area contributed by atoms with E-state index in [-0.39, 0.29) is 23.6 Å². The summed E-state index contributed by atoms with van der Waals surface area (Å²) in [7, 11) is 0. The van der Waals surface area contributed by atoms with E-state index in [1.54, 1.807) is 17.0 Å². The van der Waals surface area contributed by atoms with Gasteiger partial charge in [-0.15, -0.1) is 0 Å². The molecule has 2 aromatic rings. The molecular formula is C24H30N4O4. The molecule has 0 radical (unpaired) electrons. The Hall–Kier alpha value is -3.13. The minimum Gasteiger partial charge on any atom is -0.459 e. The van der Waals surface area contributed by atoms with Crippen LogP contribution in [0.4, 0.5) is 5.69 Å². The van der Waals surface area contributed by atoms with Crippen LogP contribution in [0.15, 0.2) is 47.1 Å². The smallest absolute Gasteiger partial charge is 0.289 e. The molecule has 4 rings (SSSR count). The molecule has 170 valence electrons. The predicted molar refractivity (Wildman–Crippen MR) is 120 cm³/mol. The van der Waals surface area contributed by atoms with Gasteiger partial charge in [-0.25, -0.2) is 0 Å². The van der Waals surface area contributed by atoms with E-state index >= 15 is 0 Å². The van der Waals surface area contributed by atoms with E-state index in [1.165, 1.54) is 6.26 Å². The van der Waals surface area contributed by atoms with Gasteiger partial charge in [0.15, 0.2) is 5.76 Å². The van der Waals surface area contributed by atoms with Crippen LogP contribution in [-0.2, 0) is 9.59 Å². The fourth-order valence-electron chi connectivity index (χ4n) is 4.32. The Morgan fingerprint density at radius 1 is 0.938 bits per heavy atom. The molecule has 2 aliphatic rings. The number of anilines is 1. The van der Waals surface area contributed by atoms with Gasteiger partial charge in [0.25, 0.3) is 5.91 Å². The second-order valence-corrected chi connectivity index (χ2v) is 8.56. The third-order valence-electron chi connectivity index (χ3n) is 6.25. The number of piperidine rings is 1. The number of carbonyl (C=O) groups excluding carboxylic acids is 3. The van der Waals surface area contributed by atoms with E-state index in [0.717, 1.165) is 37.2 Å². The monoisotopic (exact) mass is 438 g/mol. The molecule has 1 aromatic heterocycles. The second-order valence-electron chi connectivity index (χ2n) is 8.56. The average Bonchev–Trinajstić information content (AvgIpc) is 3.35. The average molecular weight is 439 g/mol. The van der Waals surface area contributed by atoms with Gasteiger partial charge in [0.1, 0.15) is 0 Å². The van der Waals surface area contributed by atoms with Crippen molar-refractivity contribution in [3.8, 4) is 0 Å². The van der Waals surface area contributed by atoms with E-state index in [9.17, 15) is 14.4 Å². The molecule has 8 heteroatoms. The molecule has 0 atom stereocenters. The van der Waals surface area contributed by atoms with Crippen LogP contribution >= 0.6 is 0 Å². The van der Waals surface area contributed by atoms with Crippen molar-refractivity contribution >= 4 is 23.4 Å². The third kappa shape index (κ3) is 5.37. The molecule has 2 aliphatic heterocycles. The van der Waals surface area contributed by atoms with Gasteiger partial charge in [0, 0.05) is 37.8 Å². The summed E-state index contributed by atoms with van der Waals surface area (Å²) < 4.78 is 5.19. The number of hydrogen-bond donors (Lipinski definition) is 1. The van der Waals surface area contributed by atoms with E-state index in [4.69, 9.17) is 4.42 Å².